The zero-order valence-electron chi connectivity index (χ0n) is 12.4. The molecule has 1 aromatic rings. The average molecular weight is 279 g/mol. The van der Waals surface area contributed by atoms with Crippen LogP contribution in [0.5, 0.6) is 0 Å². The smallest absolute Gasteiger partial charge is 0.125 e. The second kappa shape index (κ2) is 4.85. The maximum absolute atomic E-state index is 6.21. The predicted octanol–water partition coefficient (Wildman–Crippen LogP) is 4.85. The lowest BCUT2D eigenvalue weighted by atomic mass is 9.71. The van der Waals surface area contributed by atoms with Crippen LogP contribution in [-0.2, 0) is 10.3 Å². The summed E-state index contributed by atoms with van der Waals surface area (Å²) >= 11 is 1.83. The highest BCUT2D eigenvalue weighted by Crippen LogP contribution is 2.49. The molecule has 2 aliphatic rings. The van der Waals surface area contributed by atoms with Crippen molar-refractivity contribution in [2.45, 2.75) is 70.8 Å². The monoisotopic (exact) mass is 279 g/mol. The van der Waals surface area contributed by atoms with E-state index in [0.717, 1.165) is 25.4 Å². The second-order valence-electron chi connectivity index (χ2n) is 6.94. The predicted molar refractivity (Wildman–Crippen MR) is 79.6 cm³/mol. The molecule has 0 saturated heterocycles. The van der Waals surface area contributed by atoms with Gasteiger partial charge < -0.3 is 4.74 Å². The molecule has 2 nitrogen and oxygen atoms in total. The molecule has 2 aliphatic carbocycles. The number of nitrogens with zero attached hydrogens (tertiary/aromatic N) is 1. The Labute approximate surface area is 120 Å². The molecular weight excluding hydrogens is 254 g/mol. The van der Waals surface area contributed by atoms with E-state index >= 15 is 0 Å². The third kappa shape index (κ3) is 2.73. The van der Waals surface area contributed by atoms with Crippen molar-refractivity contribution in [3.05, 3.63) is 16.1 Å². The summed E-state index contributed by atoms with van der Waals surface area (Å²) in [6.45, 7) is 7.65. The fraction of sp³-hybridized carbons (Fsp3) is 0.812. The van der Waals surface area contributed by atoms with E-state index in [1.165, 1.54) is 36.4 Å². The van der Waals surface area contributed by atoms with Crippen LogP contribution in [0.2, 0.25) is 0 Å². The van der Waals surface area contributed by atoms with E-state index in [1.807, 2.05) is 11.3 Å². The van der Waals surface area contributed by atoms with E-state index in [4.69, 9.17) is 9.72 Å². The maximum Gasteiger partial charge on any atom is 0.125 e. The molecule has 3 rings (SSSR count). The van der Waals surface area contributed by atoms with Gasteiger partial charge in [-0.05, 0) is 50.9 Å². The van der Waals surface area contributed by atoms with Gasteiger partial charge in [-0.1, -0.05) is 13.8 Å². The summed E-state index contributed by atoms with van der Waals surface area (Å²) in [5, 5.41) is 3.51. The second-order valence-corrected chi connectivity index (χ2v) is 7.80. The lowest BCUT2D eigenvalue weighted by Crippen LogP contribution is -2.37. The number of aromatic nitrogens is 1. The summed E-state index contributed by atoms with van der Waals surface area (Å²) in [6, 6.07) is 0. The lowest BCUT2D eigenvalue weighted by Gasteiger charge is -2.42. The third-order valence-corrected chi connectivity index (χ3v) is 5.79. The summed E-state index contributed by atoms with van der Waals surface area (Å²) in [4.78, 5) is 4.93. The fourth-order valence-corrected chi connectivity index (χ4v) is 4.20. The molecule has 106 valence electrons. The Kier molecular flexibility index (Phi) is 3.46. The van der Waals surface area contributed by atoms with E-state index in [0.29, 0.717) is 5.41 Å². The van der Waals surface area contributed by atoms with Crippen molar-refractivity contribution in [1.29, 1.82) is 0 Å². The number of hydrogen-bond donors (Lipinski definition) is 0. The Bertz CT molecular complexity index is 437. The molecule has 0 bridgehead atoms. The number of thiazole rings is 1. The zero-order chi connectivity index (χ0) is 13.5. The van der Waals surface area contributed by atoms with Gasteiger partial charge in [0.15, 0.2) is 0 Å². The van der Waals surface area contributed by atoms with Crippen LogP contribution in [0.25, 0.3) is 0 Å². The molecule has 1 aromatic heterocycles. The Morgan fingerprint density at radius 3 is 2.53 bits per heavy atom. The van der Waals surface area contributed by atoms with Gasteiger partial charge in [0.1, 0.15) is 10.6 Å². The summed E-state index contributed by atoms with van der Waals surface area (Å²) in [7, 11) is 0. The van der Waals surface area contributed by atoms with Crippen LogP contribution in [0.4, 0.5) is 0 Å². The van der Waals surface area contributed by atoms with Crippen molar-refractivity contribution in [3.8, 4) is 0 Å². The van der Waals surface area contributed by atoms with Crippen LogP contribution in [0.3, 0.4) is 0 Å². The minimum absolute atomic E-state index is 0.0813. The molecule has 0 aliphatic heterocycles. The van der Waals surface area contributed by atoms with Crippen molar-refractivity contribution in [1.82, 2.24) is 4.98 Å². The van der Waals surface area contributed by atoms with Crippen LogP contribution >= 0.6 is 11.3 Å². The van der Waals surface area contributed by atoms with Gasteiger partial charge in [0.2, 0.25) is 0 Å². The highest BCUT2D eigenvalue weighted by atomic mass is 32.1. The Hall–Kier alpha value is -0.410. The molecular formula is C16H25NOS. The molecule has 0 aromatic carbocycles. The van der Waals surface area contributed by atoms with E-state index in [1.54, 1.807) is 0 Å². The average Bonchev–Trinajstić information content (AvgIpc) is 3.11. The summed E-state index contributed by atoms with van der Waals surface area (Å²) in [6.07, 6.45) is 7.41. The van der Waals surface area contributed by atoms with E-state index < -0.39 is 0 Å². The van der Waals surface area contributed by atoms with Crippen LogP contribution in [-0.4, -0.2) is 11.6 Å². The molecule has 0 unspecified atom stereocenters. The minimum atomic E-state index is -0.0813. The van der Waals surface area contributed by atoms with Gasteiger partial charge in [-0.2, -0.15) is 0 Å². The van der Waals surface area contributed by atoms with Gasteiger partial charge >= 0.3 is 0 Å². The molecule has 0 spiro atoms. The van der Waals surface area contributed by atoms with Gasteiger partial charge in [0.25, 0.3) is 0 Å². The highest BCUT2D eigenvalue weighted by molar-refractivity contribution is 7.09. The topological polar surface area (TPSA) is 22.1 Å². The lowest BCUT2D eigenvalue weighted by molar-refractivity contribution is -0.0891. The summed E-state index contributed by atoms with van der Waals surface area (Å²) < 4.78 is 6.21. The first kappa shape index (κ1) is 13.6. The number of rotatable bonds is 4. The van der Waals surface area contributed by atoms with Gasteiger partial charge in [-0.15, -0.1) is 11.3 Å². The van der Waals surface area contributed by atoms with Gasteiger partial charge in [0.05, 0.1) is 5.69 Å². The molecule has 0 N–H and O–H groups in total. The first-order valence-electron chi connectivity index (χ1n) is 7.65. The van der Waals surface area contributed by atoms with Crippen LogP contribution in [0.15, 0.2) is 5.38 Å². The van der Waals surface area contributed by atoms with Crippen molar-refractivity contribution in [2.75, 3.05) is 6.61 Å². The number of ether oxygens (including phenoxy) is 1. The largest absolute Gasteiger partial charge is 0.368 e. The first-order chi connectivity index (χ1) is 9.05. The molecule has 2 fully saturated rings. The van der Waals surface area contributed by atoms with Crippen LogP contribution < -0.4 is 0 Å². The Morgan fingerprint density at radius 1 is 1.26 bits per heavy atom. The molecule has 2 saturated carbocycles. The van der Waals surface area contributed by atoms with E-state index in [2.05, 4.69) is 26.2 Å². The molecule has 1 heterocycles. The Morgan fingerprint density at radius 2 is 1.95 bits per heavy atom. The van der Waals surface area contributed by atoms with E-state index in [9.17, 15) is 0 Å². The van der Waals surface area contributed by atoms with Crippen LogP contribution in [0.1, 0.15) is 75.9 Å². The third-order valence-electron chi connectivity index (χ3n) is 4.74. The van der Waals surface area contributed by atoms with Gasteiger partial charge in [0, 0.05) is 17.9 Å². The SMILES string of the molecule is CCOC1(c2nc(C3CC3)cs2)CCC(C)(C)CC1. The molecule has 0 amide bonds. The molecule has 19 heavy (non-hydrogen) atoms. The fourth-order valence-electron chi connectivity index (χ4n) is 3.09. The molecule has 3 heteroatoms. The number of hydrogen-bond acceptors (Lipinski definition) is 3. The van der Waals surface area contributed by atoms with Crippen LogP contribution in [0, 0.1) is 5.41 Å². The molecule has 0 atom stereocenters. The normalized spacial score (nSPS) is 25.4. The summed E-state index contributed by atoms with van der Waals surface area (Å²) in [5.74, 6) is 0.753. The quantitative estimate of drug-likeness (QED) is 0.785. The zero-order valence-corrected chi connectivity index (χ0v) is 13.2. The Balaban J connectivity index is 1.82. The first-order valence-corrected chi connectivity index (χ1v) is 8.52. The van der Waals surface area contributed by atoms with Gasteiger partial charge in [-0.25, -0.2) is 4.98 Å². The van der Waals surface area contributed by atoms with Crippen molar-refractivity contribution in [2.24, 2.45) is 5.41 Å². The van der Waals surface area contributed by atoms with Crippen molar-refractivity contribution >= 4 is 11.3 Å². The van der Waals surface area contributed by atoms with Crippen molar-refractivity contribution < 1.29 is 4.74 Å². The summed E-state index contributed by atoms with van der Waals surface area (Å²) in [5.41, 5.74) is 1.71. The standard InChI is InChI=1S/C16H25NOS/c1-4-18-16(9-7-15(2,3)8-10-16)14-17-13(11-19-14)12-5-6-12/h11-12H,4-10H2,1-3H3. The van der Waals surface area contributed by atoms with E-state index in [-0.39, 0.29) is 5.60 Å². The molecule has 0 radical (unpaired) electrons. The van der Waals surface area contributed by atoms with Crippen molar-refractivity contribution in [3.63, 3.8) is 0 Å². The van der Waals surface area contributed by atoms with Gasteiger partial charge in [-0.3, -0.25) is 0 Å². The maximum atomic E-state index is 6.21. The highest BCUT2D eigenvalue weighted by Gasteiger charge is 2.43. The minimum Gasteiger partial charge on any atom is -0.368 e.